The SMILES string of the molecule is NCC(c1ccc(Br)s1)C(F)F. The fourth-order valence-electron chi connectivity index (χ4n) is 0.871. The van der Waals surface area contributed by atoms with Gasteiger partial charge in [-0.15, -0.1) is 11.3 Å². The minimum atomic E-state index is -2.37. The number of thiophene rings is 1. The average molecular weight is 256 g/mol. The second-order valence-corrected chi connectivity index (χ2v) is 4.81. The zero-order chi connectivity index (χ0) is 9.14. The van der Waals surface area contributed by atoms with E-state index in [-0.39, 0.29) is 6.54 Å². The van der Waals surface area contributed by atoms with Crippen LogP contribution in [0.25, 0.3) is 0 Å². The van der Waals surface area contributed by atoms with Gasteiger partial charge in [0.25, 0.3) is 0 Å². The van der Waals surface area contributed by atoms with Crippen LogP contribution >= 0.6 is 27.3 Å². The minimum absolute atomic E-state index is 0.00931. The van der Waals surface area contributed by atoms with Crippen LogP contribution in [0.2, 0.25) is 0 Å². The molecule has 0 spiro atoms. The molecule has 0 saturated carbocycles. The summed E-state index contributed by atoms with van der Waals surface area (Å²) in [5.41, 5.74) is 5.23. The second kappa shape index (κ2) is 4.30. The third-order valence-electron chi connectivity index (χ3n) is 1.52. The number of halogens is 3. The summed E-state index contributed by atoms with van der Waals surface area (Å²) in [5.74, 6) is -0.818. The number of hydrogen-bond acceptors (Lipinski definition) is 2. The molecule has 1 unspecified atom stereocenters. The fraction of sp³-hybridized carbons (Fsp3) is 0.429. The normalized spacial score (nSPS) is 13.8. The highest BCUT2D eigenvalue weighted by Crippen LogP contribution is 2.31. The summed E-state index contributed by atoms with van der Waals surface area (Å²) in [6.45, 7) is -0.00931. The van der Waals surface area contributed by atoms with Gasteiger partial charge in [-0.25, -0.2) is 8.78 Å². The predicted molar refractivity (Wildman–Crippen MR) is 49.8 cm³/mol. The van der Waals surface area contributed by atoms with Crippen molar-refractivity contribution in [2.75, 3.05) is 6.54 Å². The van der Waals surface area contributed by atoms with Crippen LogP contribution in [0, 0.1) is 0 Å². The number of hydrogen-bond donors (Lipinski definition) is 1. The molecule has 1 atom stereocenters. The first-order chi connectivity index (χ1) is 5.65. The zero-order valence-electron chi connectivity index (χ0n) is 6.14. The van der Waals surface area contributed by atoms with E-state index < -0.39 is 12.3 Å². The van der Waals surface area contributed by atoms with Crippen molar-refractivity contribution in [3.8, 4) is 0 Å². The van der Waals surface area contributed by atoms with E-state index >= 15 is 0 Å². The van der Waals surface area contributed by atoms with Crippen LogP contribution in [-0.2, 0) is 0 Å². The molecular weight excluding hydrogens is 248 g/mol. The Hall–Kier alpha value is -0.0000000000000000833. The predicted octanol–water partition coefficient (Wildman–Crippen LogP) is 2.82. The van der Waals surface area contributed by atoms with Crippen LogP contribution in [0.5, 0.6) is 0 Å². The Kier molecular flexibility index (Phi) is 3.61. The monoisotopic (exact) mass is 255 g/mol. The highest BCUT2D eigenvalue weighted by molar-refractivity contribution is 9.11. The van der Waals surface area contributed by atoms with Gasteiger partial charge < -0.3 is 5.73 Å². The van der Waals surface area contributed by atoms with Crippen molar-refractivity contribution in [3.63, 3.8) is 0 Å². The highest BCUT2D eigenvalue weighted by Gasteiger charge is 2.21. The quantitative estimate of drug-likeness (QED) is 0.884. The minimum Gasteiger partial charge on any atom is -0.330 e. The van der Waals surface area contributed by atoms with Crippen LogP contribution in [-0.4, -0.2) is 13.0 Å². The smallest absolute Gasteiger partial charge is 0.247 e. The molecule has 1 heterocycles. The summed E-state index contributed by atoms with van der Waals surface area (Å²) in [7, 11) is 0. The van der Waals surface area contributed by atoms with Gasteiger partial charge in [-0.05, 0) is 28.1 Å². The molecule has 1 aromatic rings. The van der Waals surface area contributed by atoms with Crippen molar-refractivity contribution in [1.82, 2.24) is 0 Å². The van der Waals surface area contributed by atoms with Crippen LogP contribution in [0.4, 0.5) is 8.78 Å². The topological polar surface area (TPSA) is 26.0 Å². The molecule has 5 heteroatoms. The number of nitrogens with two attached hydrogens (primary N) is 1. The number of rotatable bonds is 3. The van der Waals surface area contributed by atoms with Crippen molar-refractivity contribution in [1.29, 1.82) is 0 Å². The van der Waals surface area contributed by atoms with Crippen molar-refractivity contribution in [2.24, 2.45) is 5.73 Å². The Balaban J connectivity index is 2.80. The third-order valence-corrected chi connectivity index (χ3v) is 3.27. The fourth-order valence-corrected chi connectivity index (χ4v) is 2.41. The Labute approximate surface area is 81.7 Å². The van der Waals surface area contributed by atoms with Crippen LogP contribution in [0.3, 0.4) is 0 Å². The Bertz CT molecular complexity index is 251. The van der Waals surface area contributed by atoms with E-state index in [1.54, 1.807) is 12.1 Å². The van der Waals surface area contributed by atoms with Gasteiger partial charge in [-0.1, -0.05) is 0 Å². The molecule has 1 nitrogen and oxygen atoms in total. The van der Waals surface area contributed by atoms with Crippen molar-refractivity contribution in [2.45, 2.75) is 12.3 Å². The first kappa shape index (κ1) is 10.1. The molecule has 68 valence electrons. The molecule has 1 aromatic heterocycles. The maximum atomic E-state index is 12.3. The molecule has 2 N–H and O–H groups in total. The summed E-state index contributed by atoms with van der Waals surface area (Å²) in [4.78, 5) is 0.638. The first-order valence-corrected chi connectivity index (χ1v) is 4.99. The van der Waals surface area contributed by atoms with E-state index in [1.165, 1.54) is 11.3 Å². The van der Waals surface area contributed by atoms with E-state index in [0.717, 1.165) is 3.79 Å². The summed E-state index contributed by atoms with van der Waals surface area (Å²) < 4.78 is 25.5. The Morgan fingerprint density at radius 2 is 2.17 bits per heavy atom. The zero-order valence-corrected chi connectivity index (χ0v) is 8.54. The molecule has 0 fully saturated rings. The molecule has 12 heavy (non-hydrogen) atoms. The van der Waals surface area contributed by atoms with E-state index in [1.807, 2.05) is 0 Å². The van der Waals surface area contributed by atoms with Gasteiger partial charge in [0, 0.05) is 11.4 Å². The largest absolute Gasteiger partial charge is 0.330 e. The summed E-state index contributed by atoms with van der Waals surface area (Å²) in [6.07, 6.45) is -2.37. The molecule has 0 aliphatic heterocycles. The lowest BCUT2D eigenvalue weighted by molar-refractivity contribution is 0.118. The van der Waals surface area contributed by atoms with Gasteiger partial charge in [-0.2, -0.15) is 0 Å². The van der Waals surface area contributed by atoms with Crippen molar-refractivity contribution < 1.29 is 8.78 Å². The van der Waals surface area contributed by atoms with Gasteiger partial charge in [-0.3, -0.25) is 0 Å². The van der Waals surface area contributed by atoms with E-state index in [9.17, 15) is 8.78 Å². The lowest BCUT2D eigenvalue weighted by Gasteiger charge is -2.10. The molecule has 0 amide bonds. The summed E-state index contributed by atoms with van der Waals surface area (Å²) >= 11 is 4.52. The van der Waals surface area contributed by atoms with Gasteiger partial charge >= 0.3 is 0 Å². The third kappa shape index (κ3) is 2.24. The van der Waals surface area contributed by atoms with E-state index in [0.29, 0.717) is 4.88 Å². The van der Waals surface area contributed by atoms with Crippen molar-refractivity contribution >= 4 is 27.3 Å². The van der Waals surface area contributed by atoms with Gasteiger partial charge in [0.15, 0.2) is 0 Å². The maximum Gasteiger partial charge on any atom is 0.247 e. The van der Waals surface area contributed by atoms with Crippen LogP contribution in [0.1, 0.15) is 10.8 Å². The highest BCUT2D eigenvalue weighted by atomic mass is 79.9. The van der Waals surface area contributed by atoms with Gasteiger partial charge in [0.2, 0.25) is 6.43 Å². The molecule has 1 rings (SSSR count). The molecule has 0 aliphatic carbocycles. The van der Waals surface area contributed by atoms with E-state index in [2.05, 4.69) is 15.9 Å². The molecule has 0 aromatic carbocycles. The molecular formula is C7H8BrF2NS. The molecule has 0 bridgehead atoms. The summed E-state index contributed by atoms with van der Waals surface area (Å²) in [6, 6.07) is 3.43. The summed E-state index contributed by atoms with van der Waals surface area (Å²) in [5, 5.41) is 0. The lowest BCUT2D eigenvalue weighted by Crippen LogP contribution is -2.18. The van der Waals surface area contributed by atoms with Crippen LogP contribution in [0.15, 0.2) is 15.9 Å². The Morgan fingerprint density at radius 1 is 1.50 bits per heavy atom. The second-order valence-electron chi connectivity index (χ2n) is 2.32. The van der Waals surface area contributed by atoms with E-state index in [4.69, 9.17) is 5.73 Å². The van der Waals surface area contributed by atoms with Gasteiger partial charge in [0.05, 0.1) is 9.70 Å². The number of alkyl halides is 2. The standard InChI is InChI=1S/C7H8BrF2NS/c8-6-2-1-5(12-6)4(3-11)7(9)10/h1-2,4,7H,3,11H2. The van der Waals surface area contributed by atoms with Crippen LogP contribution < -0.4 is 5.73 Å². The van der Waals surface area contributed by atoms with Gasteiger partial charge in [0.1, 0.15) is 0 Å². The average Bonchev–Trinajstić information content (AvgIpc) is 2.37. The lowest BCUT2D eigenvalue weighted by atomic mass is 10.1. The van der Waals surface area contributed by atoms with Crippen molar-refractivity contribution in [3.05, 3.63) is 20.8 Å². The first-order valence-electron chi connectivity index (χ1n) is 3.38. The molecule has 0 saturated heterocycles. The Morgan fingerprint density at radius 3 is 2.50 bits per heavy atom. The maximum absolute atomic E-state index is 12.3. The molecule has 0 radical (unpaired) electrons. The molecule has 0 aliphatic rings.